The predicted molar refractivity (Wildman–Crippen MR) is 80.0 cm³/mol. The highest BCUT2D eigenvalue weighted by Gasteiger charge is 2.01. The minimum Gasteiger partial charge on any atom is -0.365 e. The van der Waals surface area contributed by atoms with Crippen molar-refractivity contribution in [3.63, 3.8) is 0 Å². The molecule has 0 amide bonds. The summed E-state index contributed by atoms with van der Waals surface area (Å²) in [5, 5.41) is 3.30. The van der Waals surface area contributed by atoms with Crippen LogP contribution in [0.15, 0.2) is 41.0 Å². The molecule has 0 bridgehead atoms. The second-order valence-electron chi connectivity index (χ2n) is 4.15. The Hall–Kier alpha value is -1.06. The largest absolute Gasteiger partial charge is 0.365 e. The van der Waals surface area contributed by atoms with Crippen LogP contribution in [0.25, 0.3) is 0 Å². The van der Waals surface area contributed by atoms with Crippen LogP contribution < -0.4 is 5.32 Å². The van der Waals surface area contributed by atoms with Gasteiger partial charge in [0.05, 0.1) is 4.47 Å². The maximum Gasteiger partial charge on any atom is 0.140 e. The number of rotatable bonds is 4. The van der Waals surface area contributed by atoms with Gasteiger partial charge in [0, 0.05) is 18.6 Å². The average Bonchev–Trinajstić information content (AvgIpc) is 2.38. The van der Waals surface area contributed by atoms with Crippen LogP contribution in [0, 0.1) is 6.92 Å². The van der Waals surface area contributed by atoms with Crippen molar-refractivity contribution in [1.82, 2.24) is 4.98 Å². The molecule has 18 heavy (non-hydrogen) atoms. The number of halogens is 2. The van der Waals surface area contributed by atoms with Crippen LogP contribution in [-0.2, 0) is 12.4 Å². The summed E-state index contributed by atoms with van der Waals surface area (Å²) in [5.74, 6) is 1.42. The van der Waals surface area contributed by atoms with Crippen LogP contribution in [-0.4, -0.2) is 4.98 Å². The van der Waals surface area contributed by atoms with E-state index in [9.17, 15) is 0 Å². The predicted octanol–water partition coefficient (Wildman–Crippen LogP) is 4.50. The summed E-state index contributed by atoms with van der Waals surface area (Å²) in [6.07, 6.45) is 1.85. The molecule has 0 aliphatic rings. The quantitative estimate of drug-likeness (QED) is 0.837. The fourth-order valence-electron chi connectivity index (χ4n) is 1.60. The third-order valence-electron chi connectivity index (χ3n) is 2.62. The molecule has 2 nitrogen and oxygen atoms in total. The highest BCUT2D eigenvalue weighted by atomic mass is 79.9. The third-order valence-corrected chi connectivity index (χ3v) is 3.53. The smallest absolute Gasteiger partial charge is 0.140 e. The van der Waals surface area contributed by atoms with Crippen LogP contribution in [0.3, 0.4) is 0 Å². The first-order chi connectivity index (χ1) is 8.69. The Labute approximate surface area is 121 Å². The number of aryl methyl sites for hydroxylation is 1. The molecule has 0 aliphatic carbocycles. The molecule has 1 aromatic heterocycles. The summed E-state index contributed by atoms with van der Waals surface area (Å²) in [5.41, 5.74) is 3.48. The molecule has 0 atom stereocenters. The van der Waals surface area contributed by atoms with Gasteiger partial charge in [-0.15, -0.1) is 11.6 Å². The number of nitrogens with one attached hydrogen (secondary N) is 1. The minimum atomic E-state index is 0.554. The highest BCUT2D eigenvalue weighted by Crippen LogP contribution is 2.21. The maximum atomic E-state index is 5.76. The Balaban J connectivity index is 2.02. The van der Waals surface area contributed by atoms with E-state index < -0.39 is 0 Å². The van der Waals surface area contributed by atoms with Crippen molar-refractivity contribution in [2.24, 2.45) is 0 Å². The third kappa shape index (κ3) is 3.47. The SMILES string of the molecule is Cc1cnc(NCc2ccc(CCl)cc2)c(Br)c1. The van der Waals surface area contributed by atoms with Crippen molar-refractivity contribution in [2.75, 3.05) is 5.32 Å². The van der Waals surface area contributed by atoms with E-state index in [2.05, 4.69) is 38.4 Å². The van der Waals surface area contributed by atoms with E-state index in [1.165, 1.54) is 5.56 Å². The molecule has 0 saturated carbocycles. The van der Waals surface area contributed by atoms with Gasteiger partial charge in [0.15, 0.2) is 0 Å². The van der Waals surface area contributed by atoms with Gasteiger partial charge in [-0.05, 0) is 45.6 Å². The first-order valence-electron chi connectivity index (χ1n) is 5.69. The Morgan fingerprint density at radius 2 is 1.89 bits per heavy atom. The van der Waals surface area contributed by atoms with Crippen LogP contribution in [0.4, 0.5) is 5.82 Å². The second kappa shape index (κ2) is 6.21. The van der Waals surface area contributed by atoms with Gasteiger partial charge in [-0.1, -0.05) is 24.3 Å². The summed E-state index contributed by atoms with van der Waals surface area (Å²) in [6, 6.07) is 10.3. The van der Waals surface area contributed by atoms with E-state index in [1.807, 2.05) is 31.3 Å². The summed E-state index contributed by atoms with van der Waals surface area (Å²) in [6.45, 7) is 2.77. The standard InChI is InChI=1S/C14H14BrClN2/c1-10-6-13(15)14(17-8-10)18-9-12-4-2-11(7-16)3-5-12/h2-6,8H,7,9H2,1H3,(H,17,18). The van der Waals surface area contributed by atoms with Crippen molar-refractivity contribution in [1.29, 1.82) is 0 Å². The molecule has 4 heteroatoms. The molecular formula is C14H14BrClN2. The molecule has 1 N–H and O–H groups in total. The number of pyridine rings is 1. The zero-order chi connectivity index (χ0) is 13.0. The van der Waals surface area contributed by atoms with Crippen molar-refractivity contribution < 1.29 is 0 Å². The van der Waals surface area contributed by atoms with Gasteiger partial charge >= 0.3 is 0 Å². The van der Waals surface area contributed by atoms with Crippen LogP contribution >= 0.6 is 27.5 Å². The van der Waals surface area contributed by atoms with E-state index in [-0.39, 0.29) is 0 Å². The van der Waals surface area contributed by atoms with Gasteiger partial charge < -0.3 is 5.32 Å². The number of nitrogens with zero attached hydrogens (tertiary/aromatic N) is 1. The normalized spacial score (nSPS) is 10.4. The Bertz CT molecular complexity index is 526. The summed E-state index contributed by atoms with van der Waals surface area (Å²) >= 11 is 9.26. The van der Waals surface area contributed by atoms with Gasteiger partial charge in [0.25, 0.3) is 0 Å². The molecule has 94 valence electrons. The molecule has 0 fully saturated rings. The number of anilines is 1. The zero-order valence-corrected chi connectivity index (χ0v) is 12.4. The highest BCUT2D eigenvalue weighted by molar-refractivity contribution is 9.10. The van der Waals surface area contributed by atoms with E-state index in [1.54, 1.807) is 0 Å². The molecule has 0 unspecified atom stereocenters. The van der Waals surface area contributed by atoms with Gasteiger partial charge in [-0.25, -0.2) is 4.98 Å². The Kier molecular flexibility index (Phi) is 4.61. The lowest BCUT2D eigenvalue weighted by Gasteiger charge is -2.08. The number of hydrogen-bond acceptors (Lipinski definition) is 2. The van der Waals surface area contributed by atoms with E-state index in [4.69, 9.17) is 11.6 Å². The molecule has 2 aromatic rings. The molecule has 1 aromatic carbocycles. The van der Waals surface area contributed by atoms with Crippen LogP contribution in [0.2, 0.25) is 0 Å². The molecule has 0 aliphatic heterocycles. The Morgan fingerprint density at radius 1 is 1.22 bits per heavy atom. The monoisotopic (exact) mass is 324 g/mol. The number of alkyl halides is 1. The Morgan fingerprint density at radius 3 is 2.50 bits per heavy atom. The maximum absolute atomic E-state index is 5.76. The fraction of sp³-hybridized carbons (Fsp3) is 0.214. The lowest BCUT2D eigenvalue weighted by atomic mass is 10.1. The first kappa shape index (κ1) is 13.4. The minimum absolute atomic E-state index is 0.554. The van der Waals surface area contributed by atoms with Crippen molar-refractivity contribution in [3.05, 3.63) is 57.7 Å². The van der Waals surface area contributed by atoms with Crippen molar-refractivity contribution in [3.8, 4) is 0 Å². The molecule has 2 rings (SSSR count). The zero-order valence-electron chi connectivity index (χ0n) is 10.1. The van der Waals surface area contributed by atoms with E-state index in [0.29, 0.717) is 5.88 Å². The number of benzene rings is 1. The van der Waals surface area contributed by atoms with Gasteiger partial charge in [-0.3, -0.25) is 0 Å². The summed E-state index contributed by atoms with van der Waals surface area (Å²) in [7, 11) is 0. The fourth-order valence-corrected chi connectivity index (χ4v) is 2.38. The molecular weight excluding hydrogens is 312 g/mol. The molecule has 1 heterocycles. The van der Waals surface area contributed by atoms with Crippen molar-refractivity contribution in [2.45, 2.75) is 19.3 Å². The molecule has 0 spiro atoms. The van der Waals surface area contributed by atoms with E-state index >= 15 is 0 Å². The lowest BCUT2D eigenvalue weighted by molar-refractivity contribution is 1.09. The van der Waals surface area contributed by atoms with Crippen LogP contribution in [0.1, 0.15) is 16.7 Å². The topological polar surface area (TPSA) is 24.9 Å². The first-order valence-corrected chi connectivity index (χ1v) is 7.01. The van der Waals surface area contributed by atoms with Crippen LogP contribution in [0.5, 0.6) is 0 Å². The molecule has 0 radical (unpaired) electrons. The van der Waals surface area contributed by atoms with Gasteiger partial charge in [0.2, 0.25) is 0 Å². The molecule has 0 saturated heterocycles. The van der Waals surface area contributed by atoms with Gasteiger partial charge in [0.1, 0.15) is 5.82 Å². The van der Waals surface area contributed by atoms with Gasteiger partial charge in [-0.2, -0.15) is 0 Å². The number of hydrogen-bond donors (Lipinski definition) is 1. The lowest BCUT2D eigenvalue weighted by Crippen LogP contribution is -2.02. The number of aromatic nitrogens is 1. The average molecular weight is 326 g/mol. The summed E-state index contributed by atoms with van der Waals surface area (Å²) < 4.78 is 0.986. The summed E-state index contributed by atoms with van der Waals surface area (Å²) in [4.78, 5) is 4.35. The van der Waals surface area contributed by atoms with Crippen molar-refractivity contribution >= 4 is 33.3 Å². The van der Waals surface area contributed by atoms with E-state index in [0.717, 1.165) is 28.0 Å². The second-order valence-corrected chi connectivity index (χ2v) is 5.27.